The van der Waals surface area contributed by atoms with Gasteiger partial charge in [0.1, 0.15) is 0 Å². The van der Waals surface area contributed by atoms with Gasteiger partial charge in [-0.1, -0.05) is 59.1 Å². The molecular weight excluding hydrogens is 228 g/mol. The minimum absolute atomic E-state index is 0. The van der Waals surface area contributed by atoms with Crippen LogP contribution in [0.15, 0.2) is 24.8 Å². The summed E-state index contributed by atoms with van der Waals surface area (Å²) in [6.45, 7) is 11.0. The third-order valence-electron chi connectivity index (χ3n) is 3.79. The first kappa shape index (κ1) is 15.8. The smallest absolute Gasteiger partial charge is 0.0123 e. The minimum Gasteiger partial charge on any atom is -0.0952 e. The molecule has 2 rings (SSSR count). The summed E-state index contributed by atoms with van der Waals surface area (Å²) in [6, 6.07) is 4.63. The van der Waals surface area contributed by atoms with Crippen LogP contribution in [-0.4, -0.2) is 0 Å². The molecule has 0 unspecified atom stereocenters. The molecule has 0 bridgehead atoms. The molecular formula is C19H28. The second-order valence-electron chi connectivity index (χ2n) is 5.53. The Kier molecular flexibility index (Phi) is 5.60. The van der Waals surface area contributed by atoms with Crippen LogP contribution in [-0.2, 0) is 6.42 Å². The molecule has 0 heteroatoms. The molecule has 1 aromatic carbocycles. The number of benzene rings is 1. The standard InChI is InChI=1S/C18H24.CH4/c1-5-6-10-17-16(13(2)3)12-11-15-9-7-8-14(4)18(15)17;/h6,10-13H,4-5,7-9H2,1-3H3;1H4/b10-6-;. The Hall–Kier alpha value is -1.30. The SMILES string of the molecule is C.C=C1CCCc2ccc(C(C)C)c(/C=C\CC)c21. The fraction of sp³-hybridized carbons (Fsp3) is 0.474. The van der Waals surface area contributed by atoms with Gasteiger partial charge in [-0.15, -0.1) is 0 Å². The van der Waals surface area contributed by atoms with Crippen molar-refractivity contribution in [3.63, 3.8) is 0 Å². The summed E-state index contributed by atoms with van der Waals surface area (Å²) >= 11 is 0. The maximum Gasteiger partial charge on any atom is -0.0123 e. The van der Waals surface area contributed by atoms with Gasteiger partial charge in [0.25, 0.3) is 0 Å². The van der Waals surface area contributed by atoms with Crippen LogP contribution in [0.25, 0.3) is 11.6 Å². The van der Waals surface area contributed by atoms with Crippen molar-refractivity contribution < 1.29 is 0 Å². The van der Waals surface area contributed by atoms with Gasteiger partial charge in [0.2, 0.25) is 0 Å². The zero-order valence-electron chi connectivity index (χ0n) is 11.9. The molecule has 0 radical (unpaired) electrons. The quantitative estimate of drug-likeness (QED) is 0.602. The van der Waals surface area contributed by atoms with Crippen molar-refractivity contribution >= 4 is 11.6 Å². The van der Waals surface area contributed by atoms with E-state index in [0.717, 1.165) is 12.8 Å². The Morgan fingerprint density at radius 1 is 1.26 bits per heavy atom. The average Bonchev–Trinajstić information content (AvgIpc) is 2.35. The molecule has 1 aromatic rings. The van der Waals surface area contributed by atoms with Gasteiger partial charge in [0.05, 0.1) is 0 Å². The van der Waals surface area contributed by atoms with Crippen LogP contribution in [0, 0.1) is 0 Å². The van der Waals surface area contributed by atoms with Crippen LogP contribution in [0.3, 0.4) is 0 Å². The maximum atomic E-state index is 4.29. The third kappa shape index (κ3) is 3.18. The molecule has 0 heterocycles. The lowest BCUT2D eigenvalue weighted by Crippen LogP contribution is -2.06. The first-order valence-electron chi connectivity index (χ1n) is 7.15. The van der Waals surface area contributed by atoms with Crippen LogP contribution in [0.5, 0.6) is 0 Å². The summed E-state index contributed by atoms with van der Waals surface area (Å²) in [4.78, 5) is 0. The second-order valence-corrected chi connectivity index (χ2v) is 5.53. The van der Waals surface area contributed by atoms with E-state index in [1.165, 1.54) is 40.7 Å². The number of allylic oxidation sites excluding steroid dienone is 2. The normalized spacial score (nSPS) is 14.6. The van der Waals surface area contributed by atoms with Crippen LogP contribution >= 0.6 is 0 Å². The van der Waals surface area contributed by atoms with E-state index in [1.807, 2.05) is 0 Å². The maximum absolute atomic E-state index is 4.29. The number of fused-ring (bicyclic) bond motifs is 1. The molecule has 0 atom stereocenters. The number of hydrogen-bond acceptors (Lipinski definition) is 0. The van der Waals surface area contributed by atoms with E-state index in [-0.39, 0.29) is 7.43 Å². The molecule has 0 saturated carbocycles. The van der Waals surface area contributed by atoms with Gasteiger partial charge in [0, 0.05) is 0 Å². The lowest BCUT2D eigenvalue weighted by atomic mass is 9.81. The van der Waals surface area contributed by atoms with E-state index in [1.54, 1.807) is 0 Å². The molecule has 0 aliphatic heterocycles. The summed E-state index contributed by atoms with van der Waals surface area (Å²) in [7, 11) is 0. The Balaban J connectivity index is 0.00000180. The first-order chi connectivity index (χ1) is 8.65. The predicted octanol–water partition coefficient (Wildman–Crippen LogP) is 6.22. The predicted molar refractivity (Wildman–Crippen MR) is 88.6 cm³/mol. The van der Waals surface area contributed by atoms with Gasteiger partial charge in [0.15, 0.2) is 0 Å². The van der Waals surface area contributed by atoms with Gasteiger partial charge in [-0.3, -0.25) is 0 Å². The van der Waals surface area contributed by atoms with Crippen molar-refractivity contribution in [1.82, 2.24) is 0 Å². The van der Waals surface area contributed by atoms with E-state index in [4.69, 9.17) is 0 Å². The molecule has 19 heavy (non-hydrogen) atoms. The van der Waals surface area contributed by atoms with Crippen molar-refractivity contribution in [3.05, 3.63) is 47.0 Å². The largest absolute Gasteiger partial charge is 0.0952 e. The lowest BCUT2D eigenvalue weighted by molar-refractivity contribution is 0.811. The summed E-state index contributed by atoms with van der Waals surface area (Å²) in [5.74, 6) is 0.571. The highest BCUT2D eigenvalue weighted by Crippen LogP contribution is 2.36. The lowest BCUT2D eigenvalue weighted by Gasteiger charge is -2.24. The topological polar surface area (TPSA) is 0 Å². The third-order valence-corrected chi connectivity index (χ3v) is 3.79. The Morgan fingerprint density at radius 2 is 2.00 bits per heavy atom. The van der Waals surface area contributed by atoms with E-state index >= 15 is 0 Å². The second kappa shape index (κ2) is 6.75. The van der Waals surface area contributed by atoms with Gasteiger partial charge in [-0.05, 0) is 59.4 Å². The minimum atomic E-state index is 0. The van der Waals surface area contributed by atoms with Crippen LogP contribution < -0.4 is 0 Å². The molecule has 0 aromatic heterocycles. The highest BCUT2D eigenvalue weighted by Gasteiger charge is 2.18. The molecule has 1 aliphatic carbocycles. The summed E-state index contributed by atoms with van der Waals surface area (Å²) in [5, 5.41) is 0. The van der Waals surface area contributed by atoms with E-state index < -0.39 is 0 Å². The van der Waals surface area contributed by atoms with Crippen molar-refractivity contribution in [2.24, 2.45) is 0 Å². The van der Waals surface area contributed by atoms with Gasteiger partial charge in [-0.25, -0.2) is 0 Å². The zero-order chi connectivity index (χ0) is 13.1. The zero-order valence-corrected chi connectivity index (χ0v) is 11.9. The van der Waals surface area contributed by atoms with Gasteiger partial charge >= 0.3 is 0 Å². The highest BCUT2D eigenvalue weighted by atomic mass is 14.2. The fourth-order valence-electron chi connectivity index (χ4n) is 2.84. The number of rotatable bonds is 3. The number of aryl methyl sites for hydroxylation is 1. The molecule has 0 amide bonds. The Labute approximate surface area is 119 Å². The molecule has 0 N–H and O–H groups in total. The summed E-state index contributed by atoms with van der Waals surface area (Å²) in [5.41, 5.74) is 7.15. The average molecular weight is 256 g/mol. The molecule has 104 valence electrons. The highest BCUT2D eigenvalue weighted by molar-refractivity contribution is 5.78. The van der Waals surface area contributed by atoms with Crippen LogP contribution in [0.4, 0.5) is 0 Å². The Bertz CT molecular complexity index is 475. The van der Waals surface area contributed by atoms with Crippen molar-refractivity contribution in [2.45, 2.75) is 59.8 Å². The van der Waals surface area contributed by atoms with Crippen molar-refractivity contribution in [1.29, 1.82) is 0 Å². The van der Waals surface area contributed by atoms with Crippen LogP contribution in [0.1, 0.15) is 75.6 Å². The van der Waals surface area contributed by atoms with Gasteiger partial charge < -0.3 is 0 Å². The molecule has 0 saturated heterocycles. The number of hydrogen-bond donors (Lipinski definition) is 0. The van der Waals surface area contributed by atoms with E-state index in [0.29, 0.717) is 5.92 Å². The molecule has 0 fully saturated rings. The molecule has 1 aliphatic rings. The first-order valence-corrected chi connectivity index (χ1v) is 7.15. The fourth-order valence-corrected chi connectivity index (χ4v) is 2.84. The monoisotopic (exact) mass is 256 g/mol. The van der Waals surface area contributed by atoms with Crippen molar-refractivity contribution in [2.75, 3.05) is 0 Å². The van der Waals surface area contributed by atoms with E-state index in [9.17, 15) is 0 Å². The molecule has 0 nitrogen and oxygen atoms in total. The molecule has 0 spiro atoms. The van der Waals surface area contributed by atoms with Crippen LogP contribution in [0.2, 0.25) is 0 Å². The van der Waals surface area contributed by atoms with E-state index in [2.05, 4.69) is 51.6 Å². The van der Waals surface area contributed by atoms with Crippen molar-refractivity contribution in [3.8, 4) is 0 Å². The summed E-state index contributed by atoms with van der Waals surface area (Å²) in [6.07, 6.45) is 9.28. The van der Waals surface area contributed by atoms with Gasteiger partial charge in [-0.2, -0.15) is 0 Å². The summed E-state index contributed by atoms with van der Waals surface area (Å²) < 4.78 is 0. The Morgan fingerprint density at radius 3 is 2.63 bits per heavy atom.